The molecule has 3 rings (SSSR count). The van der Waals surface area contributed by atoms with Crippen molar-refractivity contribution in [2.45, 2.75) is 13.0 Å². The van der Waals surface area contributed by atoms with Gasteiger partial charge in [0.05, 0.1) is 39.0 Å². The monoisotopic (exact) mass is 334 g/mol. The largest absolute Gasteiger partial charge is 0.379 e. The summed E-state index contributed by atoms with van der Waals surface area (Å²) in [5, 5.41) is 0. The zero-order valence-corrected chi connectivity index (χ0v) is 13.9. The summed E-state index contributed by atoms with van der Waals surface area (Å²) in [6.45, 7) is 9.34. The topological polar surface area (TPSA) is 48.5 Å². The normalized spacial score (nSPS) is 29.4. The highest BCUT2D eigenvalue weighted by Gasteiger charge is 2.38. The lowest BCUT2D eigenvalue weighted by atomic mass is 10.4. The second-order valence-electron chi connectivity index (χ2n) is 5.26. The SMILES string of the molecule is CC1CN(SN2CCOCC2)C(=O)N1SN1CCOCC1. The summed E-state index contributed by atoms with van der Waals surface area (Å²) in [7, 11) is 0. The Hall–Kier alpha value is -0.190. The van der Waals surface area contributed by atoms with E-state index in [0.29, 0.717) is 0 Å². The van der Waals surface area contributed by atoms with Gasteiger partial charge in [-0.1, -0.05) is 0 Å². The summed E-state index contributed by atoms with van der Waals surface area (Å²) in [5.74, 6) is 0. The van der Waals surface area contributed by atoms with Gasteiger partial charge in [0.2, 0.25) is 0 Å². The number of ether oxygens (including phenoxy) is 2. The zero-order chi connectivity index (χ0) is 14.7. The maximum atomic E-state index is 12.6. The molecule has 1 atom stereocenters. The molecule has 0 saturated carbocycles. The number of nitrogens with zero attached hydrogens (tertiary/aromatic N) is 4. The Balaban J connectivity index is 1.52. The molecule has 7 nitrogen and oxygen atoms in total. The van der Waals surface area contributed by atoms with Gasteiger partial charge in [-0.2, -0.15) is 0 Å². The summed E-state index contributed by atoms with van der Waals surface area (Å²) in [6, 6.07) is 0.314. The molecule has 9 heteroatoms. The Labute approximate surface area is 134 Å². The van der Waals surface area contributed by atoms with Crippen molar-refractivity contribution in [2.75, 3.05) is 59.2 Å². The number of carbonyl (C=O) groups is 1. The maximum Gasteiger partial charge on any atom is 0.342 e. The highest BCUT2D eigenvalue weighted by molar-refractivity contribution is 7.96. The molecule has 0 aromatic heterocycles. The molecule has 0 aromatic rings. The second kappa shape index (κ2) is 7.38. The summed E-state index contributed by atoms with van der Waals surface area (Å²) in [5.41, 5.74) is 0. The van der Waals surface area contributed by atoms with Crippen LogP contribution in [0.4, 0.5) is 4.79 Å². The van der Waals surface area contributed by atoms with Crippen LogP contribution in [0.3, 0.4) is 0 Å². The molecule has 3 saturated heterocycles. The Morgan fingerprint density at radius 2 is 1.48 bits per heavy atom. The average Bonchev–Trinajstić information content (AvgIpc) is 2.77. The van der Waals surface area contributed by atoms with Gasteiger partial charge in [0, 0.05) is 50.4 Å². The molecular weight excluding hydrogens is 312 g/mol. The number of urea groups is 1. The van der Waals surface area contributed by atoms with Crippen molar-refractivity contribution in [3.05, 3.63) is 0 Å². The van der Waals surface area contributed by atoms with E-state index in [1.807, 2.05) is 8.61 Å². The summed E-state index contributed by atoms with van der Waals surface area (Å²) < 4.78 is 18.9. The first-order valence-electron chi connectivity index (χ1n) is 7.36. The van der Waals surface area contributed by atoms with E-state index < -0.39 is 0 Å². The smallest absolute Gasteiger partial charge is 0.342 e. The fourth-order valence-corrected chi connectivity index (χ4v) is 4.43. The third kappa shape index (κ3) is 3.96. The third-order valence-electron chi connectivity index (χ3n) is 3.59. The maximum absolute atomic E-state index is 12.6. The van der Waals surface area contributed by atoms with Crippen molar-refractivity contribution in [3.63, 3.8) is 0 Å². The first-order chi connectivity index (χ1) is 10.2. The Bertz CT molecular complexity index is 364. The lowest BCUT2D eigenvalue weighted by Crippen LogP contribution is -2.38. The number of hydrogen-bond acceptors (Lipinski definition) is 7. The van der Waals surface area contributed by atoms with Gasteiger partial charge < -0.3 is 9.47 Å². The average molecular weight is 334 g/mol. The number of rotatable bonds is 4. The van der Waals surface area contributed by atoms with E-state index in [0.717, 1.165) is 59.2 Å². The van der Waals surface area contributed by atoms with Gasteiger partial charge in [0.1, 0.15) is 0 Å². The molecule has 1 unspecified atom stereocenters. The van der Waals surface area contributed by atoms with E-state index >= 15 is 0 Å². The standard InChI is InChI=1S/C12H22N4O3S2/c1-11-10-15(20-13-2-6-18-7-3-13)12(17)16(11)21-14-4-8-19-9-5-14/h11H,2-10H2,1H3. The van der Waals surface area contributed by atoms with Crippen LogP contribution in [0.2, 0.25) is 0 Å². The zero-order valence-electron chi connectivity index (χ0n) is 12.3. The highest BCUT2D eigenvalue weighted by Crippen LogP contribution is 2.32. The minimum absolute atomic E-state index is 0.0930. The lowest BCUT2D eigenvalue weighted by Gasteiger charge is -2.30. The van der Waals surface area contributed by atoms with E-state index in [-0.39, 0.29) is 12.1 Å². The van der Waals surface area contributed by atoms with Gasteiger partial charge in [0.25, 0.3) is 0 Å². The Kier molecular flexibility index (Phi) is 5.52. The summed E-state index contributed by atoms with van der Waals surface area (Å²) in [4.78, 5) is 12.6. The first kappa shape index (κ1) is 15.7. The predicted octanol–water partition coefficient (Wildman–Crippen LogP) is 0.903. The molecule has 3 fully saturated rings. The van der Waals surface area contributed by atoms with Crippen LogP contribution < -0.4 is 0 Å². The van der Waals surface area contributed by atoms with Crippen LogP contribution in [-0.2, 0) is 9.47 Å². The van der Waals surface area contributed by atoms with E-state index in [4.69, 9.17) is 9.47 Å². The Morgan fingerprint density at radius 3 is 2.05 bits per heavy atom. The molecule has 120 valence electrons. The summed E-state index contributed by atoms with van der Waals surface area (Å²) >= 11 is 3.09. The van der Waals surface area contributed by atoms with Crippen LogP contribution in [0.25, 0.3) is 0 Å². The van der Waals surface area contributed by atoms with Crippen molar-refractivity contribution in [3.8, 4) is 0 Å². The van der Waals surface area contributed by atoms with Gasteiger partial charge in [-0.25, -0.2) is 17.7 Å². The number of morpholine rings is 2. The predicted molar refractivity (Wildman–Crippen MR) is 83.4 cm³/mol. The van der Waals surface area contributed by atoms with Gasteiger partial charge >= 0.3 is 6.03 Å². The van der Waals surface area contributed by atoms with Crippen molar-refractivity contribution >= 4 is 30.3 Å². The van der Waals surface area contributed by atoms with E-state index in [1.165, 1.54) is 0 Å². The van der Waals surface area contributed by atoms with Crippen molar-refractivity contribution in [2.24, 2.45) is 0 Å². The summed E-state index contributed by atoms with van der Waals surface area (Å²) in [6.07, 6.45) is 0. The minimum Gasteiger partial charge on any atom is -0.379 e. The van der Waals surface area contributed by atoms with Gasteiger partial charge in [-0.05, 0) is 6.92 Å². The van der Waals surface area contributed by atoms with Crippen molar-refractivity contribution in [1.82, 2.24) is 17.2 Å². The molecule has 3 aliphatic heterocycles. The van der Waals surface area contributed by atoms with Crippen molar-refractivity contribution in [1.29, 1.82) is 0 Å². The van der Waals surface area contributed by atoms with E-state index in [1.54, 1.807) is 24.3 Å². The van der Waals surface area contributed by atoms with Crippen LogP contribution >= 0.6 is 24.3 Å². The molecule has 0 N–H and O–H groups in total. The second-order valence-corrected chi connectivity index (χ2v) is 7.46. The number of carbonyl (C=O) groups excluding carboxylic acids is 1. The number of hydrogen-bond donors (Lipinski definition) is 0. The van der Waals surface area contributed by atoms with E-state index in [2.05, 4.69) is 15.5 Å². The Morgan fingerprint density at radius 1 is 0.952 bits per heavy atom. The molecule has 0 aromatic carbocycles. The molecule has 21 heavy (non-hydrogen) atoms. The quantitative estimate of drug-likeness (QED) is 0.708. The fourth-order valence-electron chi connectivity index (χ4n) is 2.39. The molecule has 0 bridgehead atoms. The molecule has 3 heterocycles. The van der Waals surface area contributed by atoms with Crippen molar-refractivity contribution < 1.29 is 14.3 Å². The molecule has 2 amide bonds. The first-order valence-corrected chi connectivity index (χ1v) is 8.82. The van der Waals surface area contributed by atoms with Crippen LogP contribution in [0.1, 0.15) is 6.92 Å². The van der Waals surface area contributed by atoms with Crippen LogP contribution in [-0.4, -0.2) is 88.4 Å². The third-order valence-corrected chi connectivity index (χ3v) is 5.98. The fraction of sp³-hybridized carbons (Fsp3) is 0.917. The molecule has 3 aliphatic rings. The molecule has 0 radical (unpaired) electrons. The molecule has 0 aliphatic carbocycles. The van der Waals surface area contributed by atoms with Gasteiger partial charge in [-0.15, -0.1) is 0 Å². The minimum atomic E-state index is 0.0930. The highest BCUT2D eigenvalue weighted by atomic mass is 32.2. The van der Waals surface area contributed by atoms with Crippen LogP contribution in [0.5, 0.6) is 0 Å². The van der Waals surface area contributed by atoms with Gasteiger partial charge in [0.15, 0.2) is 0 Å². The number of amides is 2. The molecular formula is C12H22N4O3S2. The lowest BCUT2D eigenvalue weighted by molar-refractivity contribution is 0.0758. The van der Waals surface area contributed by atoms with Crippen LogP contribution in [0.15, 0.2) is 0 Å². The van der Waals surface area contributed by atoms with Gasteiger partial charge in [-0.3, -0.25) is 4.31 Å². The van der Waals surface area contributed by atoms with Crippen LogP contribution in [0, 0.1) is 0 Å². The van der Waals surface area contributed by atoms with E-state index in [9.17, 15) is 4.79 Å². The molecule has 0 spiro atoms.